The van der Waals surface area contributed by atoms with Crippen LogP contribution >= 0.6 is 0 Å². The summed E-state index contributed by atoms with van der Waals surface area (Å²) in [6, 6.07) is 9.01. The molecule has 0 aliphatic rings. The van der Waals surface area contributed by atoms with E-state index < -0.39 is 5.92 Å². The highest BCUT2D eigenvalue weighted by Crippen LogP contribution is 2.39. The van der Waals surface area contributed by atoms with E-state index in [1.807, 2.05) is 0 Å². The summed E-state index contributed by atoms with van der Waals surface area (Å²) in [5.74, 6) is 0.560. The van der Waals surface area contributed by atoms with Crippen LogP contribution in [0.2, 0.25) is 0 Å². The Labute approximate surface area is 149 Å². The van der Waals surface area contributed by atoms with Gasteiger partial charge in [-0.1, -0.05) is 6.92 Å². The molecule has 0 heterocycles. The van der Waals surface area contributed by atoms with Crippen LogP contribution in [0.4, 0.5) is 0 Å². The fraction of sp³-hybridized carbons (Fsp3) is 0.111. The lowest BCUT2D eigenvalue weighted by Crippen LogP contribution is -2.03. The van der Waals surface area contributed by atoms with Crippen molar-refractivity contribution in [3.63, 3.8) is 0 Å². The van der Waals surface area contributed by atoms with E-state index in [1.54, 1.807) is 31.9 Å². The van der Waals surface area contributed by atoms with Crippen molar-refractivity contribution >= 4 is 0 Å². The normalized spacial score (nSPS) is 9.15. The Kier molecular flexibility index (Phi) is 5.83. The van der Waals surface area contributed by atoms with Gasteiger partial charge < -0.3 is 18.9 Å². The first-order valence-corrected chi connectivity index (χ1v) is 7.16. The van der Waals surface area contributed by atoms with Crippen molar-refractivity contribution < 1.29 is 18.9 Å². The topological polar surface area (TPSA) is 132 Å². The molecule has 0 amide bonds. The van der Waals surface area contributed by atoms with Crippen LogP contribution in [0.15, 0.2) is 36.4 Å². The van der Waals surface area contributed by atoms with Crippen LogP contribution in [-0.2, 0) is 0 Å². The third-order valence-corrected chi connectivity index (χ3v) is 3.53. The van der Waals surface area contributed by atoms with E-state index >= 15 is 0 Å². The zero-order chi connectivity index (χ0) is 18.9. The molecule has 2 aromatic carbocycles. The Balaban J connectivity index is 2.58. The molecule has 0 unspecified atom stereocenters. The second-order valence-electron chi connectivity index (χ2n) is 4.89. The first-order chi connectivity index (χ1) is 12.6. The lowest BCUT2D eigenvalue weighted by atomic mass is 9.91. The minimum absolute atomic E-state index is 0.250. The standard InChI is InChI=1S/C18H10N4O4/c1-12(15-6-13(23-8-19)2-4-17(15)25-10-21)16-7-14(24-9-20)3-5-18(16)26-11-22/h2-7,12H,1H3. The Morgan fingerprint density at radius 1 is 0.654 bits per heavy atom. The third kappa shape index (κ3) is 3.92. The molecule has 8 heteroatoms. The van der Waals surface area contributed by atoms with Crippen LogP contribution in [0.25, 0.3) is 0 Å². The monoisotopic (exact) mass is 346 g/mol. The molecule has 0 aliphatic heterocycles. The van der Waals surface area contributed by atoms with Gasteiger partial charge in [-0.2, -0.15) is 0 Å². The zero-order valence-electron chi connectivity index (χ0n) is 13.5. The van der Waals surface area contributed by atoms with E-state index in [1.165, 1.54) is 36.4 Å². The van der Waals surface area contributed by atoms with Gasteiger partial charge in [-0.15, -0.1) is 21.0 Å². The van der Waals surface area contributed by atoms with Gasteiger partial charge in [-0.3, -0.25) is 0 Å². The SMILES string of the molecule is CC(c1cc(OC#N)ccc1OC#N)c1cc(OC#N)ccc1OC#N. The number of hydrogen-bond donors (Lipinski definition) is 0. The Morgan fingerprint density at radius 3 is 1.38 bits per heavy atom. The number of nitrogens with zero attached hydrogens (tertiary/aromatic N) is 4. The van der Waals surface area contributed by atoms with Crippen molar-refractivity contribution in [2.45, 2.75) is 12.8 Å². The van der Waals surface area contributed by atoms with E-state index in [4.69, 9.17) is 40.0 Å². The molecule has 0 bridgehead atoms. The van der Waals surface area contributed by atoms with Crippen molar-refractivity contribution in [3.05, 3.63) is 47.5 Å². The molecular weight excluding hydrogens is 336 g/mol. The maximum Gasteiger partial charge on any atom is 0.292 e. The van der Waals surface area contributed by atoms with Gasteiger partial charge in [0.25, 0.3) is 25.0 Å². The molecule has 0 radical (unpaired) electrons. The summed E-state index contributed by atoms with van der Waals surface area (Å²) in [6.45, 7) is 1.77. The summed E-state index contributed by atoms with van der Waals surface area (Å²) in [5, 5.41) is 35.1. The predicted octanol–water partition coefficient (Wildman–Crippen LogP) is 3.28. The second-order valence-corrected chi connectivity index (χ2v) is 4.89. The second kappa shape index (κ2) is 8.45. The summed E-state index contributed by atoms with van der Waals surface area (Å²) in [6.07, 6.45) is 6.33. The molecule has 0 atom stereocenters. The number of benzene rings is 2. The third-order valence-electron chi connectivity index (χ3n) is 3.53. The van der Waals surface area contributed by atoms with Crippen LogP contribution in [0.1, 0.15) is 24.0 Å². The van der Waals surface area contributed by atoms with Crippen LogP contribution in [0.5, 0.6) is 23.0 Å². The van der Waals surface area contributed by atoms with Crippen LogP contribution in [0, 0.1) is 46.1 Å². The molecule has 0 spiro atoms. The zero-order valence-corrected chi connectivity index (χ0v) is 13.5. The molecule has 0 fully saturated rings. The molecule has 0 N–H and O–H groups in total. The van der Waals surface area contributed by atoms with Gasteiger partial charge in [0.2, 0.25) is 0 Å². The minimum Gasteiger partial charge on any atom is -0.388 e. The summed E-state index contributed by atoms with van der Waals surface area (Å²) in [7, 11) is 0. The van der Waals surface area contributed by atoms with Gasteiger partial charge in [0, 0.05) is 17.0 Å². The number of hydrogen-bond acceptors (Lipinski definition) is 8. The highest BCUT2D eigenvalue weighted by atomic mass is 16.5. The maximum absolute atomic E-state index is 8.84. The molecule has 126 valence electrons. The van der Waals surface area contributed by atoms with Crippen LogP contribution in [0.3, 0.4) is 0 Å². The average molecular weight is 346 g/mol. The van der Waals surface area contributed by atoms with Gasteiger partial charge in [0.1, 0.15) is 23.0 Å². The lowest BCUT2D eigenvalue weighted by Gasteiger charge is -2.18. The van der Waals surface area contributed by atoms with E-state index in [2.05, 4.69) is 0 Å². The van der Waals surface area contributed by atoms with Crippen molar-refractivity contribution in [3.8, 4) is 48.0 Å². The first kappa shape index (κ1) is 17.9. The number of rotatable bonds is 6. The molecule has 26 heavy (non-hydrogen) atoms. The van der Waals surface area contributed by atoms with E-state index in [0.717, 1.165) is 0 Å². The van der Waals surface area contributed by atoms with Crippen LogP contribution < -0.4 is 18.9 Å². The summed E-state index contributed by atoms with van der Waals surface area (Å²) >= 11 is 0. The Bertz CT molecular complexity index is 897. The average Bonchev–Trinajstić information content (AvgIpc) is 2.64. The van der Waals surface area contributed by atoms with Crippen molar-refractivity contribution in [2.75, 3.05) is 0 Å². The highest BCUT2D eigenvalue weighted by molar-refractivity contribution is 5.52. The van der Waals surface area contributed by atoms with Crippen molar-refractivity contribution in [1.82, 2.24) is 0 Å². The first-order valence-electron chi connectivity index (χ1n) is 7.16. The lowest BCUT2D eigenvalue weighted by molar-refractivity contribution is 0.476. The van der Waals surface area contributed by atoms with Gasteiger partial charge in [0.15, 0.2) is 0 Å². The van der Waals surface area contributed by atoms with Gasteiger partial charge >= 0.3 is 0 Å². The van der Waals surface area contributed by atoms with Gasteiger partial charge in [-0.05, 0) is 36.4 Å². The van der Waals surface area contributed by atoms with Gasteiger partial charge in [0.05, 0.1) is 0 Å². The largest absolute Gasteiger partial charge is 0.388 e. The molecule has 0 aliphatic carbocycles. The fourth-order valence-corrected chi connectivity index (χ4v) is 2.41. The number of ether oxygens (including phenoxy) is 4. The van der Waals surface area contributed by atoms with Crippen molar-refractivity contribution in [2.24, 2.45) is 0 Å². The quantitative estimate of drug-likeness (QED) is 0.728. The predicted molar refractivity (Wildman–Crippen MR) is 85.4 cm³/mol. The smallest absolute Gasteiger partial charge is 0.292 e. The summed E-state index contributed by atoms with van der Waals surface area (Å²) in [4.78, 5) is 0. The molecule has 2 aromatic rings. The number of nitriles is 4. The van der Waals surface area contributed by atoms with Crippen molar-refractivity contribution in [1.29, 1.82) is 21.0 Å². The van der Waals surface area contributed by atoms with E-state index in [0.29, 0.717) is 11.1 Å². The fourth-order valence-electron chi connectivity index (χ4n) is 2.41. The summed E-state index contributed by atoms with van der Waals surface area (Å²) in [5.41, 5.74) is 1.02. The molecule has 2 rings (SSSR count). The molecule has 0 aromatic heterocycles. The Hall–Kier alpha value is -4.40. The molecular formula is C18H10N4O4. The van der Waals surface area contributed by atoms with Gasteiger partial charge in [-0.25, -0.2) is 0 Å². The van der Waals surface area contributed by atoms with Crippen LogP contribution in [-0.4, -0.2) is 0 Å². The van der Waals surface area contributed by atoms with E-state index in [-0.39, 0.29) is 23.0 Å². The highest BCUT2D eigenvalue weighted by Gasteiger charge is 2.21. The Morgan fingerprint density at radius 2 is 1.04 bits per heavy atom. The van der Waals surface area contributed by atoms with E-state index in [9.17, 15) is 0 Å². The molecule has 0 saturated carbocycles. The minimum atomic E-state index is -0.453. The maximum atomic E-state index is 8.84. The molecule has 8 nitrogen and oxygen atoms in total. The molecule has 0 saturated heterocycles. The summed E-state index contributed by atoms with van der Waals surface area (Å²) < 4.78 is 19.6.